The summed E-state index contributed by atoms with van der Waals surface area (Å²) in [5.41, 5.74) is 0. The Balaban J connectivity index is 3.92. The molecule has 0 spiro atoms. The minimum Gasteiger partial charge on any atom is -0.481 e. The van der Waals surface area contributed by atoms with Gasteiger partial charge in [-0.05, 0) is 19.3 Å². The van der Waals surface area contributed by atoms with Crippen molar-refractivity contribution in [3.05, 3.63) is 36.5 Å². The van der Waals surface area contributed by atoms with E-state index in [9.17, 15) is 14.4 Å². The predicted octanol–water partition coefficient (Wildman–Crippen LogP) is 4.23. The molecule has 0 bridgehead atoms. The number of hydrogen-bond acceptors (Lipinski definition) is 3. The largest absolute Gasteiger partial charge is 0.481 e. The van der Waals surface area contributed by atoms with E-state index in [2.05, 4.69) is 18.3 Å². The zero-order chi connectivity index (χ0) is 20.3. The molecular formula is C21H33NO5. The lowest BCUT2D eigenvalue weighted by atomic mass is 10.1. The quantitative estimate of drug-likeness (QED) is 0.211. The molecule has 0 saturated carbocycles. The Morgan fingerprint density at radius 1 is 0.889 bits per heavy atom. The van der Waals surface area contributed by atoms with Crippen molar-refractivity contribution in [2.45, 2.75) is 77.2 Å². The molecule has 0 saturated heterocycles. The smallest absolute Gasteiger partial charge is 0.326 e. The van der Waals surface area contributed by atoms with Crippen LogP contribution >= 0.6 is 0 Å². The summed E-state index contributed by atoms with van der Waals surface area (Å²) >= 11 is 0. The molecule has 0 aliphatic carbocycles. The van der Waals surface area contributed by atoms with Crippen molar-refractivity contribution in [1.29, 1.82) is 0 Å². The minimum absolute atomic E-state index is 0.151. The first-order valence-corrected chi connectivity index (χ1v) is 9.72. The number of nitrogens with one attached hydrogen (secondary N) is 1. The van der Waals surface area contributed by atoms with Gasteiger partial charge in [0.25, 0.3) is 0 Å². The number of hydrogen-bond donors (Lipinski definition) is 3. The molecule has 3 N–H and O–H groups in total. The lowest BCUT2D eigenvalue weighted by molar-refractivity contribution is -0.142. The summed E-state index contributed by atoms with van der Waals surface area (Å²) < 4.78 is 0. The Bertz CT molecular complexity index is 523. The standard InChI is InChI=1S/C21H33NO5/c1-2-3-4-5-6-7-8-9-10-11-12-13-14-15-19(23)22-18(21(26)27)16-17-20(24)25/h10-15,18H,2-9,16-17H2,1H3,(H,22,23)(H,24,25)(H,26,27)/t18-/m0/s1. The van der Waals surface area contributed by atoms with Gasteiger partial charge in [-0.2, -0.15) is 0 Å². The van der Waals surface area contributed by atoms with Gasteiger partial charge >= 0.3 is 11.9 Å². The van der Waals surface area contributed by atoms with Crippen LogP contribution in [-0.2, 0) is 14.4 Å². The van der Waals surface area contributed by atoms with Crippen LogP contribution < -0.4 is 5.32 Å². The first-order valence-electron chi connectivity index (χ1n) is 9.72. The second kappa shape index (κ2) is 17.1. The van der Waals surface area contributed by atoms with Gasteiger partial charge in [0.15, 0.2) is 0 Å². The van der Waals surface area contributed by atoms with Gasteiger partial charge in [-0.25, -0.2) is 4.79 Å². The van der Waals surface area contributed by atoms with Crippen molar-refractivity contribution in [2.24, 2.45) is 0 Å². The fraction of sp³-hybridized carbons (Fsp3) is 0.571. The van der Waals surface area contributed by atoms with Crippen LogP contribution in [0.1, 0.15) is 71.1 Å². The monoisotopic (exact) mass is 379 g/mol. The molecule has 0 radical (unpaired) electrons. The molecule has 0 aliphatic heterocycles. The van der Waals surface area contributed by atoms with Crippen LogP contribution in [-0.4, -0.2) is 34.1 Å². The lowest BCUT2D eigenvalue weighted by Gasteiger charge is -2.11. The first-order chi connectivity index (χ1) is 13.0. The van der Waals surface area contributed by atoms with E-state index >= 15 is 0 Å². The van der Waals surface area contributed by atoms with E-state index < -0.39 is 23.9 Å². The normalized spacial score (nSPS) is 12.8. The number of carboxylic acid groups (broad SMARTS) is 2. The van der Waals surface area contributed by atoms with Gasteiger partial charge in [-0.1, -0.05) is 75.8 Å². The number of allylic oxidation sites excluding steroid dienone is 5. The summed E-state index contributed by atoms with van der Waals surface area (Å²) in [7, 11) is 0. The van der Waals surface area contributed by atoms with E-state index in [4.69, 9.17) is 10.2 Å². The maximum atomic E-state index is 11.6. The van der Waals surface area contributed by atoms with Crippen molar-refractivity contribution in [1.82, 2.24) is 5.32 Å². The molecule has 0 aromatic heterocycles. The van der Waals surface area contributed by atoms with Crippen LogP contribution in [0.15, 0.2) is 36.5 Å². The van der Waals surface area contributed by atoms with E-state index in [1.54, 1.807) is 6.08 Å². The number of amides is 1. The highest BCUT2D eigenvalue weighted by Crippen LogP contribution is 2.08. The highest BCUT2D eigenvalue weighted by molar-refractivity contribution is 5.91. The maximum Gasteiger partial charge on any atom is 0.326 e. The second-order valence-corrected chi connectivity index (χ2v) is 6.41. The van der Waals surface area contributed by atoms with Crippen LogP contribution in [0.25, 0.3) is 0 Å². The predicted molar refractivity (Wildman–Crippen MR) is 106 cm³/mol. The average Bonchev–Trinajstić information content (AvgIpc) is 2.62. The topological polar surface area (TPSA) is 104 Å². The summed E-state index contributed by atoms with van der Waals surface area (Å²) in [5, 5.41) is 19.8. The molecule has 0 aromatic carbocycles. The van der Waals surface area contributed by atoms with Crippen LogP contribution in [0.2, 0.25) is 0 Å². The first kappa shape index (κ1) is 24.6. The fourth-order valence-electron chi connectivity index (χ4n) is 2.41. The van der Waals surface area contributed by atoms with Gasteiger partial charge < -0.3 is 15.5 Å². The summed E-state index contributed by atoms with van der Waals surface area (Å²) in [6.07, 6.45) is 19.8. The molecule has 0 fully saturated rings. The minimum atomic E-state index is -1.25. The number of rotatable bonds is 16. The van der Waals surface area contributed by atoms with Crippen molar-refractivity contribution >= 4 is 17.8 Å². The third-order valence-corrected chi connectivity index (χ3v) is 3.95. The second-order valence-electron chi connectivity index (χ2n) is 6.41. The number of unbranched alkanes of at least 4 members (excludes halogenated alkanes) is 7. The Kier molecular flexibility index (Phi) is 15.6. The SMILES string of the molecule is CCCCCCCCCC=CC=CC=CC(=O)N[C@@H](CCC(=O)O)C(=O)O. The third kappa shape index (κ3) is 16.8. The van der Waals surface area contributed by atoms with E-state index in [0.29, 0.717) is 0 Å². The summed E-state index contributed by atoms with van der Waals surface area (Å²) in [4.78, 5) is 33.1. The van der Waals surface area contributed by atoms with Crippen LogP contribution in [0.4, 0.5) is 0 Å². The van der Waals surface area contributed by atoms with Gasteiger partial charge in [0, 0.05) is 12.5 Å². The molecule has 6 nitrogen and oxygen atoms in total. The highest BCUT2D eigenvalue weighted by atomic mass is 16.4. The number of carbonyl (C=O) groups excluding carboxylic acids is 1. The van der Waals surface area contributed by atoms with Gasteiger partial charge in [-0.3, -0.25) is 9.59 Å². The van der Waals surface area contributed by atoms with E-state index in [0.717, 1.165) is 6.42 Å². The molecule has 1 amide bonds. The summed E-state index contributed by atoms with van der Waals surface area (Å²) in [6.45, 7) is 2.22. The van der Waals surface area contributed by atoms with Crippen LogP contribution in [0.3, 0.4) is 0 Å². The molecular weight excluding hydrogens is 346 g/mol. The van der Waals surface area contributed by atoms with E-state index in [1.165, 1.54) is 57.1 Å². The fourth-order valence-corrected chi connectivity index (χ4v) is 2.41. The molecule has 6 heteroatoms. The average molecular weight is 379 g/mol. The Morgan fingerprint density at radius 3 is 2.15 bits per heavy atom. The lowest BCUT2D eigenvalue weighted by Crippen LogP contribution is -2.40. The molecule has 0 aromatic rings. The molecule has 0 heterocycles. The molecule has 152 valence electrons. The molecule has 0 aliphatic rings. The number of carboxylic acids is 2. The van der Waals surface area contributed by atoms with E-state index in [1.807, 2.05) is 12.2 Å². The van der Waals surface area contributed by atoms with Crippen molar-refractivity contribution < 1.29 is 24.6 Å². The van der Waals surface area contributed by atoms with Gasteiger partial charge in [0.05, 0.1) is 0 Å². The summed E-state index contributed by atoms with van der Waals surface area (Å²) in [6, 6.07) is -1.20. The number of carbonyl (C=O) groups is 3. The van der Waals surface area contributed by atoms with E-state index in [-0.39, 0.29) is 12.8 Å². The Hall–Kier alpha value is -2.37. The molecule has 1 atom stereocenters. The molecule has 0 unspecified atom stereocenters. The molecule has 0 rings (SSSR count). The van der Waals surface area contributed by atoms with Gasteiger partial charge in [0.1, 0.15) is 6.04 Å². The summed E-state index contributed by atoms with van der Waals surface area (Å²) in [5.74, 6) is -2.91. The maximum absolute atomic E-state index is 11.6. The number of aliphatic carboxylic acids is 2. The van der Waals surface area contributed by atoms with Gasteiger partial charge in [-0.15, -0.1) is 0 Å². The van der Waals surface area contributed by atoms with Crippen molar-refractivity contribution in [3.63, 3.8) is 0 Å². The van der Waals surface area contributed by atoms with Crippen molar-refractivity contribution in [2.75, 3.05) is 0 Å². The highest BCUT2D eigenvalue weighted by Gasteiger charge is 2.19. The van der Waals surface area contributed by atoms with Crippen LogP contribution in [0.5, 0.6) is 0 Å². The zero-order valence-corrected chi connectivity index (χ0v) is 16.2. The third-order valence-electron chi connectivity index (χ3n) is 3.95. The zero-order valence-electron chi connectivity index (χ0n) is 16.2. The van der Waals surface area contributed by atoms with Gasteiger partial charge in [0.2, 0.25) is 5.91 Å². The Morgan fingerprint density at radius 2 is 1.52 bits per heavy atom. The van der Waals surface area contributed by atoms with Crippen molar-refractivity contribution in [3.8, 4) is 0 Å². The van der Waals surface area contributed by atoms with Crippen LogP contribution in [0, 0.1) is 0 Å². The Labute approximate surface area is 162 Å². The molecule has 27 heavy (non-hydrogen) atoms.